The van der Waals surface area contributed by atoms with Gasteiger partial charge in [0.05, 0.1) is 23.4 Å². The molecule has 1 amide bonds. The molecule has 124 valence electrons. The van der Waals surface area contributed by atoms with Crippen LogP contribution in [-0.4, -0.2) is 13.0 Å². The maximum atomic E-state index is 12.5. The highest BCUT2D eigenvalue weighted by atomic mass is 35.5. The first-order valence-corrected chi connectivity index (χ1v) is 8.10. The van der Waals surface area contributed by atoms with Crippen molar-refractivity contribution in [3.8, 4) is 5.75 Å². The van der Waals surface area contributed by atoms with Crippen molar-refractivity contribution in [1.82, 2.24) is 0 Å². The van der Waals surface area contributed by atoms with Crippen LogP contribution in [0.1, 0.15) is 10.4 Å². The molecular weight excluding hydrogens is 338 g/mol. The molecule has 4 rings (SSSR count). The van der Waals surface area contributed by atoms with Crippen molar-refractivity contribution < 1.29 is 13.9 Å². The van der Waals surface area contributed by atoms with Crippen LogP contribution in [0, 0.1) is 0 Å². The van der Waals surface area contributed by atoms with E-state index in [0.717, 1.165) is 16.4 Å². The van der Waals surface area contributed by atoms with E-state index in [1.807, 2.05) is 30.3 Å². The van der Waals surface area contributed by atoms with E-state index < -0.39 is 0 Å². The van der Waals surface area contributed by atoms with E-state index in [9.17, 15) is 4.79 Å². The molecule has 3 aromatic carbocycles. The van der Waals surface area contributed by atoms with E-state index in [-0.39, 0.29) is 5.91 Å². The summed E-state index contributed by atoms with van der Waals surface area (Å²) in [4.78, 5) is 12.5. The second-order valence-corrected chi connectivity index (χ2v) is 5.99. The van der Waals surface area contributed by atoms with Crippen molar-refractivity contribution >= 4 is 45.1 Å². The van der Waals surface area contributed by atoms with Gasteiger partial charge in [-0.15, -0.1) is 0 Å². The fraction of sp³-hybridized carbons (Fsp3) is 0.0500. The Hall–Kier alpha value is -2.98. The lowest BCUT2D eigenvalue weighted by molar-refractivity contribution is 0.102. The minimum absolute atomic E-state index is 0.306. The van der Waals surface area contributed by atoms with Crippen molar-refractivity contribution in [2.45, 2.75) is 0 Å². The first-order chi connectivity index (χ1) is 12.2. The maximum Gasteiger partial charge on any atom is 0.257 e. The normalized spacial score (nSPS) is 11.0. The van der Waals surface area contributed by atoms with Crippen LogP contribution < -0.4 is 10.1 Å². The molecular formula is C20H14ClNO3. The van der Waals surface area contributed by atoms with Crippen molar-refractivity contribution in [3.05, 3.63) is 71.2 Å². The van der Waals surface area contributed by atoms with Crippen molar-refractivity contribution in [1.29, 1.82) is 0 Å². The summed E-state index contributed by atoms with van der Waals surface area (Å²) < 4.78 is 11.3. The van der Waals surface area contributed by atoms with Crippen LogP contribution in [0.15, 0.2) is 65.1 Å². The average molecular weight is 352 g/mol. The van der Waals surface area contributed by atoms with Gasteiger partial charge in [-0.3, -0.25) is 4.79 Å². The summed E-state index contributed by atoms with van der Waals surface area (Å²) in [5, 5.41) is 5.17. The molecule has 1 heterocycles. The maximum absolute atomic E-state index is 12.5. The number of carbonyl (C=O) groups excluding carboxylic acids is 1. The van der Waals surface area contributed by atoms with Gasteiger partial charge in [0.15, 0.2) is 0 Å². The highest BCUT2D eigenvalue weighted by Crippen LogP contribution is 2.36. The van der Waals surface area contributed by atoms with Crippen LogP contribution in [0.25, 0.3) is 21.9 Å². The second kappa shape index (κ2) is 6.15. The van der Waals surface area contributed by atoms with Gasteiger partial charge >= 0.3 is 0 Å². The number of amides is 1. The summed E-state index contributed by atoms with van der Waals surface area (Å²) >= 11 is 6.10. The van der Waals surface area contributed by atoms with E-state index in [1.54, 1.807) is 37.4 Å². The Morgan fingerprint density at radius 1 is 1.00 bits per heavy atom. The molecule has 0 saturated heterocycles. The van der Waals surface area contributed by atoms with Gasteiger partial charge in [-0.2, -0.15) is 0 Å². The lowest BCUT2D eigenvalue weighted by atomic mass is 10.1. The third-order valence-corrected chi connectivity index (χ3v) is 4.40. The van der Waals surface area contributed by atoms with Crippen LogP contribution >= 0.6 is 11.6 Å². The molecule has 25 heavy (non-hydrogen) atoms. The molecule has 5 heteroatoms. The summed E-state index contributed by atoms with van der Waals surface area (Å²) in [7, 11) is 1.56. The SMILES string of the molecule is COc1cc2c(cc1NC(=O)c1ccccc1Cl)oc1ccccc12. The summed E-state index contributed by atoms with van der Waals surface area (Å²) in [6, 6.07) is 18.3. The number of carbonyl (C=O) groups is 1. The van der Waals surface area contributed by atoms with E-state index in [4.69, 9.17) is 20.8 Å². The Morgan fingerprint density at radius 2 is 1.76 bits per heavy atom. The number of furan rings is 1. The number of hydrogen-bond acceptors (Lipinski definition) is 3. The predicted molar refractivity (Wildman–Crippen MR) is 99.7 cm³/mol. The van der Waals surface area contributed by atoms with Crippen LogP contribution in [0.5, 0.6) is 5.75 Å². The molecule has 0 bridgehead atoms. The van der Waals surface area contributed by atoms with Crippen molar-refractivity contribution in [2.24, 2.45) is 0 Å². The number of nitrogens with one attached hydrogen (secondary N) is 1. The minimum atomic E-state index is -0.306. The number of benzene rings is 3. The third-order valence-electron chi connectivity index (χ3n) is 4.07. The number of rotatable bonds is 3. The standard InChI is InChI=1S/C20H14ClNO3/c1-24-19-10-14-12-6-3-5-9-17(12)25-18(14)11-16(19)22-20(23)13-7-2-4-8-15(13)21/h2-11H,1H3,(H,22,23). The molecule has 0 aliphatic heterocycles. The molecule has 0 aliphatic carbocycles. The number of ether oxygens (including phenoxy) is 1. The summed E-state index contributed by atoms with van der Waals surface area (Å²) in [5.74, 6) is 0.249. The van der Waals surface area contributed by atoms with Gasteiger partial charge in [0, 0.05) is 16.8 Å². The largest absolute Gasteiger partial charge is 0.495 e. The van der Waals surface area contributed by atoms with Crippen LogP contribution in [0.4, 0.5) is 5.69 Å². The number of hydrogen-bond donors (Lipinski definition) is 1. The molecule has 0 atom stereocenters. The predicted octanol–water partition coefficient (Wildman–Crippen LogP) is 5.50. The Balaban J connectivity index is 1.80. The van der Waals surface area contributed by atoms with Gasteiger partial charge in [-0.25, -0.2) is 0 Å². The number of para-hydroxylation sites is 1. The van der Waals surface area contributed by atoms with Gasteiger partial charge in [0.2, 0.25) is 0 Å². The zero-order chi connectivity index (χ0) is 17.4. The monoisotopic (exact) mass is 351 g/mol. The van der Waals surface area contributed by atoms with E-state index in [0.29, 0.717) is 27.6 Å². The fourth-order valence-electron chi connectivity index (χ4n) is 2.85. The van der Waals surface area contributed by atoms with Gasteiger partial charge < -0.3 is 14.5 Å². The van der Waals surface area contributed by atoms with Gasteiger partial charge in [0.1, 0.15) is 16.9 Å². The number of anilines is 1. The molecule has 0 radical (unpaired) electrons. The molecule has 4 aromatic rings. The van der Waals surface area contributed by atoms with Crippen LogP contribution in [0.3, 0.4) is 0 Å². The smallest absolute Gasteiger partial charge is 0.257 e. The fourth-order valence-corrected chi connectivity index (χ4v) is 3.07. The van der Waals surface area contributed by atoms with Gasteiger partial charge in [-0.05, 0) is 24.3 Å². The molecule has 0 fully saturated rings. The number of methoxy groups -OCH3 is 1. The molecule has 0 saturated carbocycles. The zero-order valence-electron chi connectivity index (χ0n) is 13.4. The summed E-state index contributed by atoms with van der Waals surface area (Å²) in [5.41, 5.74) is 2.39. The Kier molecular flexibility index (Phi) is 3.82. The Morgan fingerprint density at radius 3 is 2.56 bits per heavy atom. The number of fused-ring (bicyclic) bond motifs is 3. The highest BCUT2D eigenvalue weighted by Gasteiger charge is 2.16. The van der Waals surface area contributed by atoms with E-state index in [1.165, 1.54) is 0 Å². The zero-order valence-corrected chi connectivity index (χ0v) is 14.1. The summed E-state index contributed by atoms with van der Waals surface area (Å²) in [6.45, 7) is 0. The van der Waals surface area contributed by atoms with E-state index in [2.05, 4.69) is 5.32 Å². The molecule has 1 N–H and O–H groups in total. The lowest BCUT2D eigenvalue weighted by Crippen LogP contribution is -2.13. The van der Waals surface area contributed by atoms with Crippen molar-refractivity contribution in [3.63, 3.8) is 0 Å². The Labute approximate surface area is 149 Å². The number of halogens is 1. The molecule has 1 aromatic heterocycles. The topological polar surface area (TPSA) is 51.5 Å². The molecule has 4 nitrogen and oxygen atoms in total. The Bertz CT molecular complexity index is 1100. The lowest BCUT2D eigenvalue weighted by Gasteiger charge is -2.11. The summed E-state index contributed by atoms with van der Waals surface area (Å²) in [6.07, 6.45) is 0. The minimum Gasteiger partial charge on any atom is -0.495 e. The molecule has 0 spiro atoms. The molecule has 0 unspecified atom stereocenters. The van der Waals surface area contributed by atoms with Crippen LogP contribution in [0.2, 0.25) is 5.02 Å². The van der Waals surface area contributed by atoms with Gasteiger partial charge in [0.25, 0.3) is 5.91 Å². The average Bonchev–Trinajstić information content (AvgIpc) is 2.98. The first-order valence-electron chi connectivity index (χ1n) is 7.72. The highest BCUT2D eigenvalue weighted by molar-refractivity contribution is 6.34. The third kappa shape index (κ3) is 2.71. The van der Waals surface area contributed by atoms with E-state index >= 15 is 0 Å². The van der Waals surface area contributed by atoms with Crippen molar-refractivity contribution in [2.75, 3.05) is 12.4 Å². The van der Waals surface area contributed by atoms with Crippen LogP contribution in [-0.2, 0) is 0 Å². The first kappa shape index (κ1) is 15.5. The quantitative estimate of drug-likeness (QED) is 0.530. The molecule has 0 aliphatic rings. The second-order valence-electron chi connectivity index (χ2n) is 5.58. The van der Waals surface area contributed by atoms with Gasteiger partial charge in [-0.1, -0.05) is 41.9 Å².